The van der Waals surface area contributed by atoms with Crippen LogP contribution in [0.15, 0.2) is 48.2 Å². The Balaban J connectivity index is 1.56. The Bertz CT molecular complexity index is 861. The van der Waals surface area contributed by atoms with Gasteiger partial charge in [-0.15, -0.1) is 6.58 Å². The molecule has 1 aromatic rings. The predicted octanol–water partition coefficient (Wildman–Crippen LogP) is 1.77. The van der Waals surface area contributed by atoms with Crippen LogP contribution < -0.4 is 10.1 Å². The summed E-state index contributed by atoms with van der Waals surface area (Å²) in [4.78, 5) is 32.1. The molecule has 0 radical (unpaired) electrons. The lowest BCUT2D eigenvalue weighted by atomic mass is 9.95. The number of carbonyl (C=O) groups is 2. The number of carbonyl (C=O) groups excluding carboxylic acids is 2. The van der Waals surface area contributed by atoms with Gasteiger partial charge >= 0.3 is 6.03 Å². The van der Waals surface area contributed by atoms with Gasteiger partial charge in [0.25, 0.3) is 5.91 Å². The van der Waals surface area contributed by atoms with Crippen molar-refractivity contribution in [3.05, 3.63) is 53.8 Å². The third-order valence-electron chi connectivity index (χ3n) is 5.92. The van der Waals surface area contributed by atoms with Crippen LogP contribution >= 0.6 is 0 Å². The van der Waals surface area contributed by atoms with Crippen molar-refractivity contribution in [1.82, 2.24) is 20.0 Å². The second-order valence-corrected chi connectivity index (χ2v) is 7.82. The quantitative estimate of drug-likeness (QED) is 0.642. The number of rotatable bonds is 8. The van der Waals surface area contributed by atoms with Crippen molar-refractivity contribution >= 4 is 11.9 Å². The highest BCUT2D eigenvalue weighted by molar-refractivity contribution is 6.01. The average Bonchev–Trinajstić information content (AvgIpc) is 3.12. The van der Waals surface area contributed by atoms with Gasteiger partial charge in [0.2, 0.25) is 0 Å². The highest BCUT2D eigenvalue weighted by atomic mass is 16.5. The molecule has 0 bridgehead atoms. The summed E-state index contributed by atoms with van der Waals surface area (Å²) in [5.74, 6) is 0.747. The minimum atomic E-state index is -0.472. The molecule has 3 amide bonds. The number of nitrogens with zero attached hydrogens (tertiary/aromatic N) is 3. The Labute approximate surface area is 183 Å². The zero-order chi connectivity index (χ0) is 21.8. The maximum Gasteiger partial charge on any atom is 0.322 e. The van der Waals surface area contributed by atoms with E-state index in [9.17, 15) is 9.59 Å². The van der Waals surface area contributed by atoms with Crippen LogP contribution in [0.2, 0.25) is 0 Å². The standard InChI is InChI=1S/C23H30N4O4/c1-3-9-27-19-16-26(11-10-25-12-14-30-15-13-25)22(28)20(19)21(24-23(27)29)17-5-7-18(8-6-17)31-4-2/h3,5-8,21H,1,4,9-16H2,2H3,(H,24,29). The van der Waals surface area contributed by atoms with Crippen LogP contribution in [0.3, 0.4) is 0 Å². The van der Waals surface area contributed by atoms with E-state index in [2.05, 4.69) is 16.8 Å². The van der Waals surface area contributed by atoms with E-state index in [4.69, 9.17) is 9.47 Å². The molecule has 0 aliphatic carbocycles. The first-order valence-corrected chi connectivity index (χ1v) is 10.9. The molecule has 4 rings (SSSR count). The number of hydrogen-bond donors (Lipinski definition) is 1. The van der Waals surface area contributed by atoms with Crippen molar-refractivity contribution in [1.29, 1.82) is 0 Å². The van der Waals surface area contributed by atoms with Crippen LogP contribution in [0.5, 0.6) is 5.75 Å². The molecule has 1 N–H and O–H groups in total. The summed E-state index contributed by atoms with van der Waals surface area (Å²) in [6, 6.07) is 6.88. The fraction of sp³-hybridized carbons (Fsp3) is 0.478. The van der Waals surface area contributed by atoms with Gasteiger partial charge in [-0.05, 0) is 24.6 Å². The number of urea groups is 1. The summed E-state index contributed by atoms with van der Waals surface area (Å²) < 4.78 is 10.9. The lowest BCUT2D eigenvalue weighted by Gasteiger charge is -2.33. The molecule has 1 atom stereocenters. The second kappa shape index (κ2) is 9.53. The van der Waals surface area contributed by atoms with Crippen LogP contribution in [0, 0.1) is 0 Å². The highest BCUT2D eigenvalue weighted by Crippen LogP contribution is 2.36. The largest absolute Gasteiger partial charge is 0.494 e. The molecule has 1 aromatic carbocycles. The van der Waals surface area contributed by atoms with E-state index in [0.717, 1.165) is 49.9 Å². The first-order chi connectivity index (χ1) is 15.1. The molecule has 8 heteroatoms. The van der Waals surface area contributed by atoms with Crippen molar-refractivity contribution in [3.8, 4) is 5.75 Å². The Morgan fingerprint density at radius 1 is 1.19 bits per heavy atom. The van der Waals surface area contributed by atoms with Gasteiger partial charge in [-0.1, -0.05) is 18.2 Å². The number of benzene rings is 1. The molecular formula is C23H30N4O4. The maximum absolute atomic E-state index is 13.4. The molecule has 3 aliphatic heterocycles. The van der Waals surface area contributed by atoms with E-state index in [1.807, 2.05) is 36.1 Å². The third-order valence-corrected chi connectivity index (χ3v) is 5.92. The SMILES string of the molecule is C=CCN1C(=O)NC(c2ccc(OCC)cc2)C2=C1CN(CCN1CCOCC1)C2=O. The van der Waals surface area contributed by atoms with Crippen LogP contribution in [-0.2, 0) is 9.53 Å². The van der Waals surface area contributed by atoms with Crippen LogP contribution in [-0.4, -0.2) is 85.7 Å². The van der Waals surface area contributed by atoms with Crippen LogP contribution in [0.1, 0.15) is 18.5 Å². The summed E-state index contributed by atoms with van der Waals surface area (Å²) >= 11 is 0. The van der Waals surface area contributed by atoms with Gasteiger partial charge in [0.1, 0.15) is 5.75 Å². The number of nitrogens with one attached hydrogen (secondary N) is 1. The first-order valence-electron chi connectivity index (χ1n) is 10.9. The van der Waals surface area contributed by atoms with E-state index in [0.29, 0.717) is 31.8 Å². The second-order valence-electron chi connectivity index (χ2n) is 7.82. The lowest BCUT2D eigenvalue weighted by molar-refractivity contribution is -0.126. The van der Waals surface area contributed by atoms with Gasteiger partial charge in [-0.2, -0.15) is 0 Å². The van der Waals surface area contributed by atoms with Crippen molar-refractivity contribution < 1.29 is 19.1 Å². The van der Waals surface area contributed by atoms with Crippen LogP contribution in [0.4, 0.5) is 4.79 Å². The molecule has 8 nitrogen and oxygen atoms in total. The molecule has 3 aliphatic rings. The number of ether oxygens (including phenoxy) is 2. The summed E-state index contributed by atoms with van der Waals surface area (Å²) in [6.07, 6.45) is 1.68. The van der Waals surface area contributed by atoms with Crippen LogP contribution in [0.25, 0.3) is 0 Å². The molecule has 1 unspecified atom stereocenters. The molecule has 0 saturated carbocycles. The summed E-state index contributed by atoms with van der Waals surface area (Å²) in [5, 5.41) is 3.01. The van der Waals surface area contributed by atoms with Crippen molar-refractivity contribution in [2.75, 3.05) is 59.1 Å². The predicted molar refractivity (Wildman–Crippen MR) is 117 cm³/mol. The highest BCUT2D eigenvalue weighted by Gasteiger charge is 2.43. The van der Waals surface area contributed by atoms with E-state index in [1.54, 1.807) is 11.0 Å². The van der Waals surface area contributed by atoms with Crippen molar-refractivity contribution in [2.45, 2.75) is 13.0 Å². The molecule has 0 spiro atoms. The van der Waals surface area contributed by atoms with Crippen molar-refractivity contribution in [2.24, 2.45) is 0 Å². The van der Waals surface area contributed by atoms with E-state index in [-0.39, 0.29) is 11.9 Å². The van der Waals surface area contributed by atoms with Gasteiger partial charge in [0.05, 0.1) is 43.7 Å². The maximum atomic E-state index is 13.4. The lowest BCUT2D eigenvalue weighted by Crippen LogP contribution is -2.47. The minimum Gasteiger partial charge on any atom is -0.494 e. The van der Waals surface area contributed by atoms with Gasteiger partial charge in [-0.25, -0.2) is 4.79 Å². The molecule has 31 heavy (non-hydrogen) atoms. The molecular weight excluding hydrogens is 396 g/mol. The zero-order valence-electron chi connectivity index (χ0n) is 18.0. The van der Waals surface area contributed by atoms with Gasteiger partial charge in [-0.3, -0.25) is 14.6 Å². The minimum absolute atomic E-state index is 0.0174. The molecule has 1 fully saturated rings. The molecule has 3 heterocycles. The van der Waals surface area contributed by atoms with E-state index < -0.39 is 6.04 Å². The third kappa shape index (κ3) is 4.45. The number of morpholine rings is 1. The van der Waals surface area contributed by atoms with Gasteiger partial charge in [0, 0.05) is 32.7 Å². The summed E-state index contributed by atoms with van der Waals surface area (Å²) in [5.41, 5.74) is 2.29. The Kier molecular flexibility index (Phi) is 6.58. The molecule has 166 valence electrons. The molecule has 1 saturated heterocycles. The Morgan fingerprint density at radius 3 is 2.61 bits per heavy atom. The normalized spacial score (nSPS) is 21.9. The Hall–Kier alpha value is -2.84. The average molecular weight is 427 g/mol. The first kappa shape index (κ1) is 21.4. The summed E-state index contributed by atoms with van der Waals surface area (Å²) in [7, 11) is 0. The van der Waals surface area contributed by atoms with Gasteiger partial charge < -0.3 is 19.7 Å². The van der Waals surface area contributed by atoms with Gasteiger partial charge in [0.15, 0.2) is 0 Å². The number of hydrogen-bond acceptors (Lipinski definition) is 5. The number of amides is 3. The monoisotopic (exact) mass is 426 g/mol. The fourth-order valence-electron chi connectivity index (χ4n) is 4.31. The Morgan fingerprint density at radius 2 is 1.94 bits per heavy atom. The zero-order valence-corrected chi connectivity index (χ0v) is 18.0. The van der Waals surface area contributed by atoms with E-state index >= 15 is 0 Å². The topological polar surface area (TPSA) is 74.4 Å². The fourth-order valence-corrected chi connectivity index (χ4v) is 4.31. The summed E-state index contributed by atoms with van der Waals surface area (Å²) in [6.45, 7) is 11.7. The molecule has 0 aromatic heterocycles. The smallest absolute Gasteiger partial charge is 0.322 e. The van der Waals surface area contributed by atoms with E-state index in [1.165, 1.54) is 0 Å². The van der Waals surface area contributed by atoms with Crippen molar-refractivity contribution in [3.63, 3.8) is 0 Å².